The maximum Gasteiger partial charge on any atom is 0.242 e. The van der Waals surface area contributed by atoms with Gasteiger partial charge in [0.1, 0.15) is 4.90 Å². The molecule has 0 aromatic heterocycles. The fraction of sp³-hybridized carbons (Fsp3) is 0.533. The molecule has 1 aliphatic rings. The predicted octanol–water partition coefficient (Wildman–Crippen LogP) is 1.67. The SMILES string of the molecule is CC(C)CNS(=O)(=O)c1cc(C2(O)CCC(=O)N2C)ccc1Cl. The number of sulfonamides is 1. The fourth-order valence-electron chi connectivity index (χ4n) is 2.47. The summed E-state index contributed by atoms with van der Waals surface area (Å²) in [6.07, 6.45) is 0.423. The van der Waals surface area contributed by atoms with E-state index < -0.39 is 15.7 Å². The first-order chi connectivity index (χ1) is 10.6. The lowest BCUT2D eigenvalue weighted by Gasteiger charge is -2.31. The van der Waals surface area contributed by atoms with Crippen molar-refractivity contribution in [2.24, 2.45) is 5.92 Å². The molecule has 1 unspecified atom stereocenters. The van der Waals surface area contributed by atoms with Crippen molar-refractivity contribution in [3.63, 3.8) is 0 Å². The third kappa shape index (κ3) is 3.52. The number of amides is 1. The smallest absolute Gasteiger partial charge is 0.242 e. The molecule has 23 heavy (non-hydrogen) atoms. The van der Waals surface area contributed by atoms with Gasteiger partial charge in [-0.2, -0.15) is 0 Å². The molecular weight excluding hydrogens is 340 g/mol. The zero-order valence-corrected chi connectivity index (χ0v) is 14.9. The standard InChI is InChI=1S/C15H21ClN2O4S/c1-10(2)9-17-23(21,22)13-8-11(4-5-12(13)16)15(20)7-6-14(19)18(15)3/h4-5,8,10,17,20H,6-7,9H2,1-3H3. The van der Waals surface area contributed by atoms with Crippen molar-refractivity contribution >= 4 is 27.5 Å². The monoisotopic (exact) mass is 360 g/mol. The van der Waals surface area contributed by atoms with E-state index in [1.165, 1.54) is 24.1 Å². The Labute approximate surface area is 141 Å². The summed E-state index contributed by atoms with van der Waals surface area (Å²) in [5, 5.41) is 10.8. The van der Waals surface area contributed by atoms with Gasteiger partial charge in [0.2, 0.25) is 15.9 Å². The quantitative estimate of drug-likeness (QED) is 0.836. The van der Waals surface area contributed by atoms with Gasteiger partial charge in [-0.3, -0.25) is 4.79 Å². The fourth-order valence-corrected chi connectivity index (χ4v) is 4.21. The molecule has 1 aromatic carbocycles. The molecule has 0 saturated carbocycles. The number of halogens is 1. The van der Waals surface area contributed by atoms with Gasteiger partial charge in [0.05, 0.1) is 5.02 Å². The van der Waals surface area contributed by atoms with Crippen LogP contribution in [0.1, 0.15) is 32.3 Å². The largest absolute Gasteiger partial charge is 0.367 e. The van der Waals surface area contributed by atoms with Gasteiger partial charge in [0.25, 0.3) is 0 Å². The van der Waals surface area contributed by atoms with Crippen LogP contribution in [0.25, 0.3) is 0 Å². The lowest BCUT2D eigenvalue weighted by atomic mass is 10.0. The van der Waals surface area contributed by atoms with Crippen molar-refractivity contribution in [3.05, 3.63) is 28.8 Å². The Balaban J connectivity index is 2.42. The average molecular weight is 361 g/mol. The topological polar surface area (TPSA) is 86.7 Å². The molecule has 1 atom stereocenters. The average Bonchev–Trinajstić information content (AvgIpc) is 2.74. The minimum absolute atomic E-state index is 0.0700. The van der Waals surface area contributed by atoms with Crippen molar-refractivity contribution in [1.82, 2.24) is 9.62 Å². The molecule has 6 nitrogen and oxygen atoms in total. The van der Waals surface area contributed by atoms with Gasteiger partial charge in [0.15, 0.2) is 5.72 Å². The maximum atomic E-state index is 12.4. The summed E-state index contributed by atoms with van der Waals surface area (Å²) in [6, 6.07) is 4.30. The van der Waals surface area contributed by atoms with Crippen molar-refractivity contribution in [1.29, 1.82) is 0 Å². The van der Waals surface area contributed by atoms with Gasteiger partial charge in [-0.25, -0.2) is 13.1 Å². The van der Waals surface area contributed by atoms with Crippen molar-refractivity contribution in [2.75, 3.05) is 13.6 Å². The van der Waals surface area contributed by atoms with Crippen LogP contribution in [-0.2, 0) is 20.5 Å². The first kappa shape index (κ1) is 18.2. The summed E-state index contributed by atoms with van der Waals surface area (Å²) in [7, 11) is -2.30. The number of nitrogens with one attached hydrogen (secondary N) is 1. The van der Waals surface area contributed by atoms with Gasteiger partial charge in [0, 0.05) is 32.0 Å². The molecule has 1 saturated heterocycles. The predicted molar refractivity (Wildman–Crippen MR) is 87.4 cm³/mol. The number of hydrogen-bond acceptors (Lipinski definition) is 4. The number of nitrogens with zero attached hydrogens (tertiary/aromatic N) is 1. The number of carbonyl (C=O) groups is 1. The molecular formula is C15H21ClN2O4S. The molecule has 2 rings (SSSR count). The molecule has 1 heterocycles. The molecule has 8 heteroatoms. The van der Waals surface area contributed by atoms with Crippen LogP contribution >= 0.6 is 11.6 Å². The van der Waals surface area contributed by atoms with E-state index in [1.807, 2.05) is 13.8 Å². The van der Waals surface area contributed by atoms with E-state index in [9.17, 15) is 18.3 Å². The van der Waals surface area contributed by atoms with Crippen LogP contribution in [0.3, 0.4) is 0 Å². The number of likely N-dealkylation sites (tertiary alicyclic amines) is 1. The molecule has 2 N–H and O–H groups in total. The highest BCUT2D eigenvalue weighted by molar-refractivity contribution is 7.89. The van der Waals surface area contributed by atoms with Crippen molar-refractivity contribution < 1.29 is 18.3 Å². The van der Waals surface area contributed by atoms with Crippen LogP contribution in [-0.4, -0.2) is 37.9 Å². The first-order valence-corrected chi connectivity index (χ1v) is 9.23. The number of benzene rings is 1. The van der Waals surface area contributed by atoms with E-state index in [1.54, 1.807) is 6.07 Å². The lowest BCUT2D eigenvalue weighted by Crippen LogP contribution is -2.40. The molecule has 1 aliphatic heterocycles. The molecule has 0 spiro atoms. The molecule has 1 amide bonds. The third-order valence-electron chi connectivity index (χ3n) is 3.98. The Morgan fingerprint density at radius 1 is 1.43 bits per heavy atom. The number of carbonyl (C=O) groups excluding carboxylic acids is 1. The van der Waals surface area contributed by atoms with Crippen LogP contribution in [0.2, 0.25) is 5.02 Å². The minimum atomic E-state index is -3.79. The Morgan fingerprint density at radius 2 is 2.09 bits per heavy atom. The Hall–Kier alpha value is -1.15. The summed E-state index contributed by atoms with van der Waals surface area (Å²) in [6.45, 7) is 4.07. The summed E-state index contributed by atoms with van der Waals surface area (Å²) in [5.74, 6) is -0.0423. The molecule has 1 aromatic rings. The molecule has 0 bridgehead atoms. The van der Waals surface area contributed by atoms with Crippen molar-refractivity contribution in [3.8, 4) is 0 Å². The van der Waals surface area contributed by atoms with E-state index in [-0.39, 0.29) is 41.1 Å². The number of hydrogen-bond donors (Lipinski definition) is 2. The lowest BCUT2D eigenvalue weighted by molar-refractivity contribution is -0.142. The van der Waals surface area contributed by atoms with Gasteiger partial charge in [-0.1, -0.05) is 31.5 Å². The summed E-state index contributed by atoms with van der Waals surface area (Å²) in [4.78, 5) is 12.8. The molecule has 128 valence electrons. The van der Waals surface area contributed by atoms with Crippen LogP contribution in [0.15, 0.2) is 23.1 Å². The summed E-state index contributed by atoms with van der Waals surface area (Å²) >= 11 is 6.03. The number of rotatable bonds is 5. The highest BCUT2D eigenvalue weighted by atomic mass is 35.5. The van der Waals surface area contributed by atoms with Crippen LogP contribution in [0.4, 0.5) is 0 Å². The maximum absolute atomic E-state index is 12.4. The normalized spacial score (nSPS) is 22.2. The van der Waals surface area contributed by atoms with Gasteiger partial charge < -0.3 is 10.0 Å². The Kier molecular flexibility index (Phi) is 5.06. The Bertz CT molecular complexity index is 720. The third-order valence-corrected chi connectivity index (χ3v) is 5.89. The van der Waals surface area contributed by atoms with Crippen LogP contribution in [0, 0.1) is 5.92 Å². The van der Waals surface area contributed by atoms with Crippen LogP contribution in [0.5, 0.6) is 0 Å². The highest BCUT2D eigenvalue weighted by Crippen LogP contribution is 2.37. The zero-order valence-electron chi connectivity index (χ0n) is 13.3. The molecule has 1 fully saturated rings. The first-order valence-electron chi connectivity index (χ1n) is 7.36. The van der Waals surface area contributed by atoms with E-state index in [4.69, 9.17) is 11.6 Å². The van der Waals surface area contributed by atoms with Gasteiger partial charge in [-0.05, 0) is 18.1 Å². The van der Waals surface area contributed by atoms with E-state index in [2.05, 4.69) is 4.72 Å². The van der Waals surface area contributed by atoms with E-state index in [0.717, 1.165) is 0 Å². The zero-order chi connectivity index (χ0) is 17.4. The molecule has 0 aliphatic carbocycles. The van der Waals surface area contributed by atoms with E-state index >= 15 is 0 Å². The minimum Gasteiger partial charge on any atom is -0.367 e. The summed E-state index contributed by atoms with van der Waals surface area (Å²) in [5.41, 5.74) is -1.18. The van der Waals surface area contributed by atoms with Gasteiger partial charge in [-0.15, -0.1) is 0 Å². The van der Waals surface area contributed by atoms with Crippen molar-refractivity contribution in [2.45, 2.75) is 37.3 Å². The van der Waals surface area contributed by atoms with Crippen LogP contribution < -0.4 is 4.72 Å². The highest BCUT2D eigenvalue weighted by Gasteiger charge is 2.43. The van der Waals surface area contributed by atoms with Gasteiger partial charge >= 0.3 is 0 Å². The second kappa shape index (κ2) is 6.39. The second-order valence-corrected chi connectivity index (χ2v) is 8.30. The summed E-state index contributed by atoms with van der Waals surface area (Å²) < 4.78 is 27.3. The second-order valence-electron chi connectivity index (χ2n) is 6.16. The van der Waals surface area contributed by atoms with E-state index in [0.29, 0.717) is 5.56 Å². The number of aliphatic hydroxyl groups is 1. The molecule has 0 radical (unpaired) electrons. The Morgan fingerprint density at radius 3 is 2.61 bits per heavy atom.